The summed E-state index contributed by atoms with van der Waals surface area (Å²) in [6.45, 7) is 4.54. The van der Waals surface area contributed by atoms with Crippen molar-refractivity contribution in [1.82, 2.24) is 4.90 Å². The van der Waals surface area contributed by atoms with Crippen LogP contribution in [0.2, 0.25) is 0 Å². The minimum absolute atomic E-state index is 0.219. The summed E-state index contributed by atoms with van der Waals surface area (Å²) in [7, 11) is 0. The number of hydrogen-bond acceptors (Lipinski definition) is 3. The zero-order valence-electron chi connectivity index (χ0n) is 33.5. The van der Waals surface area contributed by atoms with Gasteiger partial charge in [-0.05, 0) is 64.2 Å². The number of amides is 4. The first-order chi connectivity index (χ1) is 24.5. The van der Waals surface area contributed by atoms with Crippen LogP contribution < -0.4 is 5.73 Å². The molecule has 0 aromatic heterocycles. The van der Waals surface area contributed by atoms with Crippen molar-refractivity contribution in [2.45, 2.75) is 245 Å². The monoisotopic (exact) mass is 701 g/mol. The number of allylic oxidation sites excluding steroid dienone is 4. The van der Waals surface area contributed by atoms with Crippen LogP contribution in [0.4, 0.5) is 4.79 Å². The molecule has 292 valence electrons. The number of nitrogens with two attached hydrogens (primary N) is 1. The first-order valence-corrected chi connectivity index (χ1v) is 22.0. The fraction of sp³-hybridized carbons (Fsp3) is 0.844. The third kappa shape index (κ3) is 34.5. The van der Waals surface area contributed by atoms with E-state index in [2.05, 4.69) is 38.2 Å². The Kier molecular flexibility index (Phi) is 38.3. The molecule has 5 nitrogen and oxygen atoms in total. The largest absolute Gasteiger partial charge is 0.351 e. The van der Waals surface area contributed by atoms with Crippen molar-refractivity contribution in [3.63, 3.8) is 0 Å². The minimum Gasteiger partial charge on any atom is -0.351 e. The van der Waals surface area contributed by atoms with Crippen molar-refractivity contribution in [3.8, 4) is 0 Å². The Bertz CT molecular complexity index is 761. The van der Waals surface area contributed by atoms with Gasteiger partial charge in [0.05, 0.1) is 0 Å². The second-order valence-corrected chi connectivity index (χ2v) is 15.0. The fourth-order valence-electron chi connectivity index (χ4n) is 6.72. The topological polar surface area (TPSA) is 80.5 Å². The third-order valence-corrected chi connectivity index (χ3v) is 10.0. The molecule has 0 saturated heterocycles. The lowest BCUT2D eigenvalue weighted by Crippen LogP contribution is -2.44. The van der Waals surface area contributed by atoms with E-state index in [1.54, 1.807) is 0 Å². The van der Waals surface area contributed by atoms with Gasteiger partial charge in [-0.25, -0.2) is 9.69 Å². The number of primary amides is 1. The van der Waals surface area contributed by atoms with Crippen molar-refractivity contribution in [2.75, 3.05) is 0 Å². The second kappa shape index (κ2) is 39.9. The lowest BCUT2D eigenvalue weighted by molar-refractivity contribution is -0.140. The molecule has 5 heteroatoms. The predicted molar refractivity (Wildman–Crippen MR) is 217 cm³/mol. The van der Waals surface area contributed by atoms with E-state index in [9.17, 15) is 14.4 Å². The van der Waals surface area contributed by atoms with E-state index in [1.165, 1.54) is 180 Å². The standard InChI is InChI=1S/C45H84N2O3/c1-3-5-7-9-11-13-15-17-19-21-23-25-27-29-31-33-35-37-39-41-43(48)47(45(46)50)44(49)42-40-38-36-34-32-30-28-26-24-22-20-18-16-14-12-10-8-6-4-2/h17-20H,3-16,21-42H2,1-2H3,(H2,46,50)/b19-17-,20-18-. The van der Waals surface area contributed by atoms with Crippen LogP contribution in [0.15, 0.2) is 24.3 Å². The molecule has 4 amide bonds. The van der Waals surface area contributed by atoms with E-state index in [1.807, 2.05) is 0 Å². The highest BCUT2D eigenvalue weighted by molar-refractivity contribution is 6.09. The number of nitrogens with zero attached hydrogens (tertiary/aromatic N) is 1. The van der Waals surface area contributed by atoms with Crippen molar-refractivity contribution >= 4 is 17.8 Å². The predicted octanol–water partition coefficient (Wildman–Crippen LogP) is 14.6. The average molecular weight is 701 g/mol. The molecule has 0 bridgehead atoms. The highest BCUT2D eigenvalue weighted by atomic mass is 16.2. The Labute approximate surface area is 311 Å². The van der Waals surface area contributed by atoms with E-state index in [0.717, 1.165) is 25.7 Å². The number of carbonyl (C=O) groups excluding carboxylic acids is 3. The average Bonchev–Trinajstić information content (AvgIpc) is 3.10. The fourth-order valence-corrected chi connectivity index (χ4v) is 6.72. The quantitative estimate of drug-likeness (QED) is 0.0514. The lowest BCUT2D eigenvalue weighted by atomic mass is 10.0. The van der Waals surface area contributed by atoms with Gasteiger partial charge in [-0.2, -0.15) is 0 Å². The minimum atomic E-state index is -0.929. The summed E-state index contributed by atoms with van der Waals surface area (Å²) in [5, 5.41) is 0. The van der Waals surface area contributed by atoms with E-state index in [4.69, 9.17) is 5.73 Å². The molecule has 0 rings (SSSR count). The van der Waals surface area contributed by atoms with Crippen LogP contribution in [0.5, 0.6) is 0 Å². The van der Waals surface area contributed by atoms with Gasteiger partial charge in [-0.1, -0.05) is 192 Å². The van der Waals surface area contributed by atoms with E-state index in [0.29, 0.717) is 17.7 Å². The van der Waals surface area contributed by atoms with Crippen LogP contribution in [-0.2, 0) is 9.59 Å². The van der Waals surface area contributed by atoms with Crippen LogP contribution in [0.3, 0.4) is 0 Å². The maximum Gasteiger partial charge on any atom is 0.328 e. The van der Waals surface area contributed by atoms with Crippen LogP contribution in [0, 0.1) is 0 Å². The van der Waals surface area contributed by atoms with Gasteiger partial charge in [0.25, 0.3) is 0 Å². The summed E-state index contributed by atoms with van der Waals surface area (Å²) < 4.78 is 0. The van der Waals surface area contributed by atoms with Crippen LogP contribution in [0.25, 0.3) is 0 Å². The van der Waals surface area contributed by atoms with Crippen molar-refractivity contribution in [1.29, 1.82) is 0 Å². The Morgan fingerprint density at radius 2 is 0.580 bits per heavy atom. The van der Waals surface area contributed by atoms with Crippen LogP contribution in [-0.4, -0.2) is 22.7 Å². The Morgan fingerprint density at radius 1 is 0.360 bits per heavy atom. The van der Waals surface area contributed by atoms with Crippen molar-refractivity contribution in [3.05, 3.63) is 24.3 Å². The molecular formula is C45H84N2O3. The maximum atomic E-state index is 12.6. The zero-order valence-corrected chi connectivity index (χ0v) is 33.5. The molecule has 0 radical (unpaired) electrons. The molecule has 0 aliphatic heterocycles. The highest BCUT2D eigenvalue weighted by Crippen LogP contribution is 2.15. The molecule has 0 unspecified atom stereocenters. The summed E-state index contributed by atoms with van der Waals surface area (Å²) in [6.07, 6.45) is 52.0. The normalized spacial score (nSPS) is 11.6. The summed E-state index contributed by atoms with van der Waals surface area (Å²) >= 11 is 0. The molecule has 0 aliphatic carbocycles. The molecule has 0 saturated carbocycles. The molecular weight excluding hydrogens is 617 g/mol. The van der Waals surface area contributed by atoms with Gasteiger partial charge in [-0.3, -0.25) is 9.59 Å². The number of rotatable bonds is 38. The first-order valence-electron chi connectivity index (χ1n) is 22.0. The third-order valence-electron chi connectivity index (χ3n) is 10.0. The number of hydrogen-bond donors (Lipinski definition) is 1. The Hall–Kier alpha value is -1.91. The zero-order chi connectivity index (χ0) is 36.6. The highest BCUT2D eigenvalue weighted by Gasteiger charge is 2.25. The van der Waals surface area contributed by atoms with Gasteiger partial charge in [0.1, 0.15) is 0 Å². The first kappa shape index (κ1) is 48.1. The van der Waals surface area contributed by atoms with E-state index >= 15 is 0 Å². The molecule has 50 heavy (non-hydrogen) atoms. The number of unbranched alkanes of at least 4 members (excludes halogenated alkanes) is 30. The molecule has 2 N–H and O–H groups in total. The summed E-state index contributed by atoms with van der Waals surface area (Å²) in [5.41, 5.74) is 5.43. The second-order valence-electron chi connectivity index (χ2n) is 15.0. The molecule has 0 aromatic carbocycles. The molecule has 0 aromatic rings. The van der Waals surface area contributed by atoms with Gasteiger partial charge in [0.2, 0.25) is 11.8 Å². The summed E-state index contributed by atoms with van der Waals surface area (Å²) in [5.74, 6) is -0.867. The van der Waals surface area contributed by atoms with E-state index < -0.39 is 17.8 Å². The van der Waals surface area contributed by atoms with Crippen LogP contribution >= 0.6 is 0 Å². The summed E-state index contributed by atoms with van der Waals surface area (Å²) in [4.78, 5) is 37.8. The lowest BCUT2D eigenvalue weighted by Gasteiger charge is -2.16. The van der Waals surface area contributed by atoms with Gasteiger partial charge >= 0.3 is 6.03 Å². The number of urea groups is 1. The summed E-state index contributed by atoms with van der Waals surface area (Å²) in [6, 6.07) is -0.929. The maximum absolute atomic E-state index is 12.6. The molecule has 0 atom stereocenters. The van der Waals surface area contributed by atoms with Gasteiger partial charge in [0.15, 0.2) is 0 Å². The smallest absolute Gasteiger partial charge is 0.328 e. The molecule has 0 spiro atoms. The number of imide groups is 3. The number of carbonyl (C=O) groups is 3. The van der Waals surface area contributed by atoms with Gasteiger partial charge in [0, 0.05) is 12.8 Å². The molecule has 0 heterocycles. The van der Waals surface area contributed by atoms with Crippen molar-refractivity contribution < 1.29 is 14.4 Å². The molecule has 0 fully saturated rings. The van der Waals surface area contributed by atoms with Crippen molar-refractivity contribution in [2.24, 2.45) is 5.73 Å². The van der Waals surface area contributed by atoms with Crippen LogP contribution in [0.1, 0.15) is 245 Å². The SMILES string of the molecule is CCCCCCCC/C=C\CCCCCCCCCCCC(=O)N(C(N)=O)C(=O)CCCCCCCCCCC/C=C\CCCCCCCC. The van der Waals surface area contributed by atoms with Gasteiger partial charge < -0.3 is 5.73 Å². The van der Waals surface area contributed by atoms with Gasteiger partial charge in [-0.15, -0.1) is 0 Å². The van der Waals surface area contributed by atoms with E-state index in [-0.39, 0.29) is 12.8 Å². The Morgan fingerprint density at radius 3 is 0.820 bits per heavy atom. The molecule has 0 aliphatic rings. The Balaban J connectivity index is 3.64.